The number of amides is 2. The number of rotatable bonds is 5. The van der Waals surface area contributed by atoms with Crippen LogP contribution in [0.2, 0.25) is 5.02 Å². The van der Waals surface area contributed by atoms with E-state index in [1.54, 1.807) is 12.1 Å². The molecule has 2 aromatic rings. The first kappa shape index (κ1) is 16.7. The first-order valence-corrected chi connectivity index (χ1v) is 8.64. The zero-order chi connectivity index (χ0) is 16.8. The fourth-order valence-electron chi connectivity index (χ4n) is 2.86. The Bertz CT molecular complexity index is 718. The highest BCUT2D eigenvalue weighted by atomic mass is 35.5. The van der Waals surface area contributed by atoms with Crippen molar-refractivity contribution in [3.05, 3.63) is 58.6 Å². The topological polar surface area (TPSA) is 50.4 Å². The molecular formula is C19H21ClN2O2. The normalized spacial score (nSPS) is 13.0. The predicted molar refractivity (Wildman–Crippen MR) is 97.1 cm³/mol. The van der Waals surface area contributed by atoms with Gasteiger partial charge in [0.1, 0.15) is 12.4 Å². The minimum atomic E-state index is -0.294. The van der Waals surface area contributed by atoms with Gasteiger partial charge in [0.05, 0.1) is 17.3 Å². The monoisotopic (exact) mass is 344 g/mol. The van der Waals surface area contributed by atoms with Gasteiger partial charge in [-0.1, -0.05) is 29.8 Å². The van der Waals surface area contributed by atoms with E-state index in [0.717, 1.165) is 12.2 Å². The predicted octanol–water partition coefficient (Wildman–Crippen LogP) is 4.42. The molecule has 2 N–H and O–H groups in total. The highest BCUT2D eigenvalue weighted by Gasteiger charge is 2.10. The van der Waals surface area contributed by atoms with Gasteiger partial charge in [0.25, 0.3) is 0 Å². The Hall–Kier alpha value is -2.20. The maximum Gasteiger partial charge on any atom is 0.319 e. The number of aryl methyl sites for hydroxylation is 2. The summed E-state index contributed by atoms with van der Waals surface area (Å²) >= 11 is 6.00. The number of hydrogen-bond acceptors (Lipinski definition) is 2. The molecule has 0 heterocycles. The lowest BCUT2D eigenvalue weighted by Gasteiger charge is -2.17. The molecule has 126 valence electrons. The summed E-state index contributed by atoms with van der Waals surface area (Å²) in [6.45, 7) is 0.849. The molecular weight excluding hydrogens is 324 g/mol. The van der Waals surface area contributed by atoms with Gasteiger partial charge in [-0.2, -0.15) is 0 Å². The van der Waals surface area contributed by atoms with E-state index >= 15 is 0 Å². The van der Waals surface area contributed by atoms with Crippen LogP contribution in [0.1, 0.15) is 24.0 Å². The summed E-state index contributed by atoms with van der Waals surface area (Å²) in [7, 11) is 0. The number of benzene rings is 2. The second-order valence-electron chi connectivity index (χ2n) is 5.85. The molecule has 0 radical (unpaired) electrons. The third-order valence-corrected chi connectivity index (χ3v) is 4.43. The van der Waals surface area contributed by atoms with Crippen molar-refractivity contribution < 1.29 is 9.53 Å². The molecule has 0 spiro atoms. The molecule has 24 heavy (non-hydrogen) atoms. The quantitative estimate of drug-likeness (QED) is 0.789. The standard InChI is InChI=1S/C19H21ClN2O2/c20-17-7-3-4-8-18(17)22-19(23)21-11-12-24-16-10-9-14-5-1-2-6-15(14)13-16/h3-4,7-10,13H,1-2,5-6,11-12H2,(H2,21,22,23). The molecule has 2 amide bonds. The summed E-state index contributed by atoms with van der Waals surface area (Å²) in [6.07, 6.45) is 4.82. The highest BCUT2D eigenvalue weighted by Crippen LogP contribution is 2.25. The van der Waals surface area contributed by atoms with Gasteiger partial charge in [0.2, 0.25) is 0 Å². The average Bonchev–Trinajstić information content (AvgIpc) is 2.60. The number of ether oxygens (including phenoxy) is 1. The van der Waals surface area contributed by atoms with Crippen molar-refractivity contribution in [2.75, 3.05) is 18.5 Å². The minimum absolute atomic E-state index is 0.294. The van der Waals surface area contributed by atoms with Crippen LogP contribution < -0.4 is 15.4 Å². The summed E-state index contributed by atoms with van der Waals surface area (Å²) < 4.78 is 5.73. The van der Waals surface area contributed by atoms with Crippen LogP contribution in [0, 0.1) is 0 Å². The lowest BCUT2D eigenvalue weighted by Crippen LogP contribution is -2.32. The third kappa shape index (κ3) is 4.42. The Morgan fingerprint density at radius 3 is 2.71 bits per heavy atom. The SMILES string of the molecule is O=C(NCCOc1ccc2c(c1)CCCC2)Nc1ccccc1Cl. The van der Waals surface area contributed by atoms with Crippen LogP contribution in [0.5, 0.6) is 5.75 Å². The first-order chi connectivity index (χ1) is 11.7. The fourth-order valence-corrected chi connectivity index (χ4v) is 3.05. The number of nitrogens with one attached hydrogen (secondary N) is 2. The molecule has 4 nitrogen and oxygen atoms in total. The number of anilines is 1. The van der Waals surface area contributed by atoms with Crippen LogP contribution in [0.3, 0.4) is 0 Å². The Morgan fingerprint density at radius 2 is 1.88 bits per heavy atom. The summed E-state index contributed by atoms with van der Waals surface area (Å²) in [5.74, 6) is 0.865. The van der Waals surface area contributed by atoms with Crippen LogP contribution >= 0.6 is 11.6 Å². The molecule has 0 bridgehead atoms. The maximum absolute atomic E-state index is 11.8. The largest absolute Gasteiger partial charge is 0.492 e. The van der Waals surface area contributed by atoms with E-state index in [4.69, 9.17) is 16.3 Å². The van der Waals surface area contributed by atoms with Crippen LogP contribution in [0.25, 0.3) is 0 Å². The van der Waals surface area contributed by atoms with Gasteiger partial charge in [-0.25, -0.2) is 4.79 Å². The van der Waals surface area contributed by atoms with Gasteiger partial charge < -0.3 is 15.4 Å². The molecule has 2 aromatic carbocycles. The van der Waals surface area contributed by atoms with Crippen molar-refractivity contribution in [2.24, 2.45) is 0 Å². The van der Waals surface area contributed by atoms with Crippen LogP contribution in [0.4, 0.5) is 10.5 Å². The lowest BCUT2D eigenvalue weighted by atomic mass is 9.92. The Kier molecular flexibility index (Phi) is 5.59. The molecule has 0 aromatic heterocycles. The maximum atomic E-state index is 11.8. The molecule has 0 aliphatic heterocycles. The third-order valence-electron chi connectivity index (χ3n) is 4.10. The minimum Gasteiger partial charge on any atom is -0.492 e. The molecule has 3 rings (SSSR count). The Morgan fingerprint density at radius 1 is 1.08 bits per heavy atom. The zero-order valence-electron chi connectivity index (χ0n) is 13.5. The number of urea groups is 1. The summed E-state index contributed by atoms with van der Waals surface area (Å²) in [6, 6.07) is 13.1. The van der Waals surface area contributed by atoms with Crippen molar-refractivity contribution >= 4 is 23.3 Å². The average molecular weight is 345 g/mol. The Balaban J connectivity index is 1.42. The van der Waals surface area contributed by atoms with Gasteiger partial charge in [-0.15, -0.1) is 0 Å². The highest BCUT2D eigenvalue weighted by molar-refractivity contribution is 6.33. The number of hydrogen-bond donors (Lipinski definition) is 2. The fraction of sp³-hybridized carbons (Fsp3) is 0.316. The number of para-hydroxylation sites is 1. The molecule has 0 fully saturated rings. The summed E-state index contributed by atoms with van der Waals surface area (Å²) in [4.78, 5) is 11.8. The number of fused-ring (bicyclic) bond motifs is 1. The second-order valence-corrected chi connectivity index (χ2v) is 6.25. The van der Waals surface area contributed by atoms with Crippen LogP contribution in [-0.4, -0.2) is 19.2 Å². The van der Waals surface area contributed by atoms with Crippen molar-refractivity contribution in [3.63, 3.8) is 0 Å². The first-order valence-electron chi connectivity index (χ1n) is 8.26. The van der Waals surface area contributed by atoms with E-state index in [0.29, 0.717) is 23.9 Å². The van der Waals surface area contributed by atoms with Crippen molar-refractivity contribution in [2.45, 2.75) is 25.7 Å². The molecule has 0 unspecified atom stereocenters. The molecule has 0 saturated carbocycles. The van der Waals surface area contributed by atoms with Crippen LogP contribution in [0.15, 0.2) is 42.5 Å². The van der Waals surface area contributed by atoms with Gasteiger partial charge in [0.15, 0.2) is 0 Å². The van der Waals surface area contributed by atoms with Gasteiger partial charge in [-0.05, 0) is 61.1 Å². The van der Waals surface area contributed by atoms with E-state index in [2.05, 4.69) is 22.8 Å². The van der Waals surface area contributed by atoms with E-state index in [1.165, 1.54) is 30.4 Å². The molecule has 1 aliphatic carbocycles. The van der Waals surface area contributed by atoms with E-state index in [9.17, 15) is 4.79 Å². The lowest BCUT2D eigenvalue weighted by molar-refractivity contribution is 0.247. The van der Waals surface area contributed by atoms with Crippen LogP contribution in [-0.2, 0) is 12.8 Å². The number of carbonyl (C=O) groups is 1. The molecule has 0 saturated heterocycles. The Labute approximate surface area is 147 Å². The van der Waals surface area contributed by atoms with Crippen molar-refractivity contribution in [1.82, 2.24) is 5.32 Å². The number of halogens is 1. The molecule has 1 aliphatic rings. The van der Waals surface area contributed by atoms with Crippen molar-refractivity contribution in [1.29, 1.82) is 0 Å². The van der Waals surface area contributed by atoms with Gasteiger partial charge in [-0.3, -0.25) is 0 Å². The number of carbonyl (C=O) groups excluding carboxylic acids is 1. The second kappa shape index (κ2) is 8.06. The van der Waals surface area contributed by atoms with Gasteiger partial charge >= 0.3 is 6.03 Å². The van der Waals surface area contributed by atoms with Gasteiger partial charge in [0, 0.05) is 0 Å². The molecule has 5 heteroatoms. The molecule has 0 atom stereocenters. The smallest absolute Gasteiger partial charge is 0.319 e. The summed E-state index contributed by atoms with van der Waals surface area (Å²) in [5.41, 5.74) is 3.42. The summed E-state index contributed by atoms with van der Waals surface area (Å²) in [5, 5.41) is 5.98. The van der Waals surface area contributed by atoms with E-state index in [1.807, 2.05) is 18.2 Å². The van der Waals surface area contributed by atoms with Crippen molar-refractivity contribution in [3.8, 4) is 5.75 Å². The van der Waals surface area contributed by atoms with E-state index < -0.39 is 0 Å². The zero-order valence-corrected chi connectivity index (χ0v) is 14.2. The van der Waals surface area contributed by atoms with E-state index in [-0.39, 0.29) is 6.03 Å².